The molecule has 0 radical (unpaired) electrons. The Labute approximate surface area is 269 Å². The molecular weight excluding hydrogens is 520 g/mol. The number of unbranched alkanes of at least 4 members (excludes halogenated alkanes) is 4. The highest BCUT2D eigenvalue weighted by molar-refractivity contribution is 5.98. The van der Waals surface area contributed by atoms with Gasteiger partial charge in [-0.05, 0) is 79.5 Å². The highest BCUT2D eigenvalue weighted by Crippen LogP contribution is 2.13. The van der Waals surface area contributed by atoms with Gasteiger partial charge in [0.15, 0.2) is 0 Å². The van der Waals surface area contributed by atoms with Gasteiger partial charge in [-0.2, -0.15) is 0 Å². The SMILES string of the molecule is C=C(NC(C=C(C)C)=NC)c1cccc(CC)c1.C=Cc1ccc(C)c(CC)c1.CC.CCC(C)C.CCCCCCC. The second kappa shape index (κ2) is 30.6. The molecule has 2 heteroatoms. The fourth-order valence-electron chi connectivity index (χ4n) is 3.51. The predicted octanol–water partition coefficient (Wildman–Crippen LogP) is 13.1. The summed E-state index contributed by atoms with van der Waals surface area (Å²) < 4.78 is 0. The van der Waals surface area contributed by atoms with E-state index in [0.717, 1.165) is 35.9 Å². The summed E-state index contributed by atoms with van der Waals surface area (Å²) in [6.07, 6.45) is 14.3. The van der Waals surface area contributed by atoms with Gasteiger partial charge in [-0.25, -0.2) is 0 Å². The van der Waals surface area contributed by atoms with E-state index in [9.17, 15) is 0 Å². The summed E-state index contributed by atoms with van der Waals surface area (Å²) in [4.78, 5) is 4.20. The van der Waals surface area contributed by atoms with Crippen molar-refractivity contribution in [2.75, 3.05) is 7.05 Å². The Morgan fingerprint density at radius 1 is 0.884 bits per heavy atom. The van der Waals surface area contributed by atoms with Gasteiger partial charge >= 0.3 is 0 Å². The summed E-state index contributed by atoms with van der Waals surface area (Å²) in [6.45, 7) is 33.5. The standard InChI is InChI=1S/C16H22N2.C11H14.C7H16.C5H12.C2H6/c1-6-14-8-7-9-15(11-14)13(4)18-16(17-5)10-12(2)3;1-4-10-7-6-9(3)11(5-2)8-10;1-3-5-7-6-4-2;1-4-5(2)3;1-2/h7-11H,4,6H2,1-3,5H3,(H,17,18);4,6-8H,1,5H2,2-3H3;3-7H2,1-2H3;5H,4H2,1-3H3;1-2H3. The van der Waals surface area contributed by atoms with Crippen LogP contribution in [0.4, 0.5) is 0 Å². The second-order valence-corrected chi connectivity index (χ2v) is 11.1. The number of benzene rings is 2. The first-order valence-electron chi connectivity index (χ1n) is 16.9. The average molecular weight is 591 g/mol. The smallest absolute Gasteiger partial charge is 0.124 e. The molecule has 2 aromatic carbocycles. The maximum atomic E-state index is 4.20. The molecule has 2 aromatic rings. The molecule has 0 aromatic heterocycles. The van der Waals surface area contributed by atoms with Crippen molar-refractivity contribution >= 4 is 17.6 Å². The van der Waals surface area contributed by atoms with Crippen LogP contribution in [-0.2, 0) is 12.8 Å². The molecule has 0 saturated heterocycles. The van der Waals surface area contributed by atoms with Crippen LogP contribution in [-0.4, -0.2) is 12.9 Å². The van der Waals surface area contributed by atoms with Crippen LogP contribution < -0.4 is 5.32 Å². The average Bonchev–Trinajstić information content (AvgIpc) is 3.02. The number of nitrogens with one attached hydrogen (secondary N) is 1. The molecule has 244 valence electrons. The Hall–Kier alpha value is -2.87. The number of aliphatic imine (C=N–C) groups is 1. The van der Waals surface area contributed by atoms with Gasteiger partial charge in [-0.15, -0.1) is 0 Å². The van der Waals surface area contributed by atoms with Gasteiger partial charge in [-0.3, -0.25) is 4.99 Å². The maximum absolute atomic E-state index is 4.20. The molecule has 1 N–H and O–H groups in total. The Balaban J connectivity index is -0.000000544. The minimum atomic E-state index is 0.835. The normalized spacial score (nSPS) is 9.86. The summed E-state index contributed by atoms with van der Waals surface area (Å²) >= 11 is 0. The zero-order valence-corrected chi connectivity index (χ0v) is 30.8. The predicted molar refractivity (Wildman–Crippen MR) is 202 cm³/mol. The van der Waals surface area contributed by atoms with Crippen LogP contribution in [0.2, 0.25) is 0 Å². The molecule has 0 spiro atoms. The molecule has 2 nitrogen and oxygen atoms in total. The van der Waals surface area contributed by atoms with Gasteiger partial charge in [0, 0.05) is 12.7 Å². The highest BCUT2D eigenvalue weighted by atomic mass is 15.0. The van der Waals surface area contributed by atoms with E-state index in [1.807, 2.05) is 39.8 Å². The van der Waals surface area contributed by atoms with Crippen molar-refractivity contribution in [3.05, 3.63) is 95.1 Å². The summed E-state index contributed by atoms with van der Waals surface area (Å²) in [6, 6.07) is 14.8. The fraction of sp³-hybridized carbons (Fsp3) is 0.537. The van der Waals surface area contributed by atoms with Crippen molar-refractivity contribution in [2.45, 2.75) is 134 Å². The number of aryl methyl sites for hydroxylation is 3. The molecule has 0 aliphatic carbocycles. The van der Waals surface area contributed by atoms with Crippen molar-refractivity contribution in [3.8, 4) is 0 Å². The number of hydrogen-bond acceptors (Lipinski definition) is 1. The minimum absolute atomic E-state index is 0.835. The molecule has 43 heavy (non-hydrogen) atoms. The van der Waals surface area contributed by atoms with E-state index < -0.39 is 0 Å². The molecule has 0 unspecified atom stereocenters. The van der Waals surface area contributed by atoms with Gasteiger partial charge < -0.3 is 5.32 Å². The fourth-order valence-corrected chi connectivity index (χ4v) is 3.51. The van der Waals surface area contributed by atoms with Crippen LogP contribution in [0.25, 0.3) is 11.8 Å². The molecule has 0 saturated carbocycles. The first kappa shape index (κ1) is 44.6. The molecule has 0 aliphatic rings. The third-order valence-corrected chi connectivity index (χ3v) is 6.64. The van der Waals surface area contributed by atoms with E-state index in [0.29, 0.717) is 0 Å². The number of hydrogen-bond donors (Lipinski definition) is 1. The van der Waals surface area contributed by atoms with Crippen LogP contribution in [0.5, 0.6) is 0 Å². The first-order chi connectivity index (χ1) is 20.5. The molecule has 0 atom stereocenters. The lowest BCUT2D eigenvalue weighted by Gasteiger charge is -2.11. The molecular formula is C41H70N2. The Morgan fingerprint density at radius 3 is 1.88 bits per heavy atom. The lowest BCUT2D eigenvalue weighted by Crippen LogP contribution is -2.19. The minimum Gasteiger partial charge on any atom is -0.341 e. The zero-order valence-electron chi connectivity index (χ0n) is 30.8. The summed E-state index contributed by atoms with van der Waals surface area (Å²) in [7, 11) is 1.78. The summed E-state index contributed by atoms with van der Waals surface area (Å²) in [5, 5.41) is 3.24. The van der Waals surface area contributed by atoms with E-state index >= 15 is 0 Å². The third-order valence-electron chi connectivity index (χ3n) is 6.64. The summed E-state index contributed by atoms with van der Waals surface area (Å²) in [5.74, 6) is 1.72. The van der Waals surface area contributed by atoms with Crippen LogP contribution >= 0.6 is 0 Å². The Morgan fingerprint density at radius 2 is 1.47 bits per heavy atom. The number of rotatable bonds is 11. The monoisotopic (exact) mass is 591 g/mol. The molecule has 0 bridgehead atoms. The van der Waals surface area contributed by atoms with E-state index in [4.69, 9.17) is 0 Å². The quantitative estimate of drug-likeness (QED) is 0.157. The van der Waals surface area contributed by atoms with Gasteiger partial charge in [0.05, 0.1) is 0 Å². The van der Waals surface area contributed by atoms with Crippen molar-refractivity contribution in [1.29, 1.82) is 0 Å². The van der Waals surface area contributed by atoms with Gasteiger partial charge in [0.1, 0.15) is 5.84 Å². The van der Waals surface area contributed by atoms with E-state index in [2.05, 4.69) is 121 Å². The van der Waals surface area contributed by atoms with Crippen molar-refractivity contribution in [3.63, 3.8) is 0 Å². The van der Waals surface area contributed by atoms with Crippen LogP contribution in [0.15, 0.2) is 72.3 Å². The van der Waals surface area contributed by atoms with Crippen molar-refractivity contribution < 1.29 is 0 Å². The molecule has 0 heterocycles. The molecule has 0 fully saturated rings. The lowest BCUT2D eigenvalue weighted by molar-refractivity contribution is 0.626. The molecule has 0 aliphatic heterocycles. The van der Waals surface area contributed by atoms with Gasteiger partial charge in [0.25, 0.3) is 0 Å². The van der Waals surface area contributed by atoms with Crippen LogP contribution in [0.1, 0.15) is 143 Å². The number of amidine groups is 1. The van der Waals surface area contributed by atoms with E-state index in [-0.39, 0.29) is 0 Å². The Kier molecular flexibility index (Phi) is 31.7. The Bertz CT molecular complexity index is 1020. The van der Waals surface area contributed by atoms with Crippen molar-refractivity contribution in [1.82, 2.24) is 5.32 Å². The molecule has 2 rings (SSSR count). The highest BCUT2D eigenvalue weighted by Gasteiger charge is 2.02. The largest absolute Gasteiger partial charge is 0.341 e. The topological polar surface area (TPSA) is 24.4 Å². The first-order valence-corrected chi connectivity index (χ1v) is 16.9. The van der Waals surface area contributed by atoms with Crippen LogP contribution in [0.3, 0.4) is 0 Å². The maximum Gasteiger partial charge on any atom is 0.124 e. The van der Waals surface area contributed by atoms with E-state index in [1.165, 1.54) is 66.4 Å². The summed E-state index contributed by atoms with van der Waals surface area (Å²) in [5.41, 5.74) is 8.51. The number of nitrogens with zero attached hydrogens (tertiary/aromatic N) is 1. The zero-order chi connectivity index (χ0) is 33.6. The van der Waals surface area contributed by atoms with Gasteiger partial charge in [0.2, 0.25) is 0 Å². The van der Waals surface area contributed by atoms with Gasteiger partial charge in [-0.1, -0.05) is 162 Å². The third kappa shape index (κ3) is 25.4. The van der Waals surface area contributed by atoms with Crippen molar-refractivity contribution in [2.24, 2.45) is 10.9 Å². The van der Waals surface area contributed by atoms with E-state index in [1.54, 1.807) is 7.05 Å². The molecule has 0 amide bonds. The van der Waals surface area contributed by atoms with Crippen LogP contribution in [0, 0.1) is 12.8 Å². The number of allylic oxidation sites excluding steroid dienone is 1. The lowest BCUT2D eigenvalue weighted by atomic mass is 10.0. The second-order valence-electron chi connectivity index (χ2n) is 11.1.